The normalized spacial score (nSPS) is 19.8. The Morgan fingerprint density at radius 2 is 1.72 bits per heavy atom. The Morgan fingerprint density at radius 1 is 1.08 bits per heavy atom. The lowest BCUT2D eigenvalue weighted by atomic mass is 9.87. The summed E-state index contributed by atoms with van der Waals surface area (Å²) in [6.45, 7) is 1.56. The minimum atomic E-state index is -1.11. The molecule has 1 heterocycles. The molecule has 3 amide bonds. The maximum Gasteiger partial charge on any atom is 0.325 e. The third kappa shape index (κ3) is 3.09. The van der Waals surface area contributed by atoms with Crippen LogP contribution in [-0.2, 0) is 10.3 Å². The van der Waals surface area contributed by atoms with E-state index in [-0.39, 0.29) is 12.3 Å². The second-order valence-electron chi connectivity index (χ2n) is 5.88. The van der Waals surface area contributed by atoms with E-state index in [1.165, 1.54) is 0 Å². The van der Waals surface area contributed by atoms with E-state index in [1.807, 2.05) is 37.3 Å². The van der Waals surface area contributed by atoms with Crippen LogP contribution in [-0.4, -0.2) is 29.2 Å². The highest BCUT2D eigenvalue weighted by atomic mass is 79.9. The summed E-state index contributed by atoms with van der Waals surface area (Å²) in [5.41, 5.74) is 0.0603. The summed E-state index contributed by atoms with van der Waals surface area (Å²) in [6, 6.07) is 15.4. The van der Waals surface area contributed by atoms with Crippen molar-refractivity contribution in [1.82, 2.24) is 10.2 Å². The molecule has 0 aromatic heterocycles. The van der Waals surface area contributed by atoms with Crippen LogP contribution in [0.5, 0.6) is 0 Å². The number of rotatable bonds is 5. The number of benzene rings is 2. The minimum absolute atomic E-state index is 0.277. The molecule has 0 aliphatic carbocycles. The monoisotopic (exact) mass is 400 g/mol. The van der Waals surface area contributed by atoms with Crippen molar-refractivity contribution in [3.8, 4) is 0 Å². The Kier molecular flexibility index (Phi) is 4.72. The molecule has 0 saturated carbocycles. The zero-order valence-electron chi connectivity index (χ0n) is 13.7. The number of carbonyl (C=O) groups excluding carboxylic acids is 3. The number of carbonyl (C=O) groups is 3. The van der Waals surface area contributed by atoms with E-state index >= 15 is 0 Å². The van der Waals surface area contributed by atoms with Gasteiger partial charge in [-0.15, -0.1) is 0 Å². The molecular formula is C19H17BrN2O3. The Balaban J connectivity index is 1.86. The second kappa shape index (κ2) is 6.80. The van der Waals surface area contributed by atoms with Crippen LogP contribution in [0.4, 0.5) is 4.79 Å². The average molecular weight is 401 g/mol. The lowest BCUT2D eigenvalue weighted by Crippen LogP contribution is -2.43. The van der Waals surface area contributed by atoms with Crippen LogP contribution in [0.1, 0.15) is 29.3 Å². The second-order valence-corrected chi connectivity index (χ2v) is 6.79. The highest BCUT2D eigenvalue weighted by molar-refractivity contribution is 9.10. The summed E-state index contributed by atoms with van der Waals surface area (Å²) in [7, 11) is 0. The molecule has 1 aliphatic rings. The van der Waals surface area contributed by atoms with Crippen molar-refractivity contribution in [3.63, 3.8) is 0 Å². The Morgan fingerprint density at radius 3 is 2.32 bits per heavy atom. The first kappa shape index (κ1) is 17.4. The highest BCUT2D eigenvalue weighted by Crippen LogP contribution is 2.32. The lowest BCUT2D eigenvalue weighted by Gasteiger charge is -2.25. The van der Waals surface area contributed by atoms with Gasteiger partial charge in [0.05, 0.1) is 6.54 Å². The van der Waals surface area contributed by atoms with E-state index in [4.69, 9.17) is 0 Å². The van der Waals surface area contributed by atoms with Crippen LogP contribution in [0.2, 0.25) is 0 Å². The topological polar surface area (TPSA) is 66.5 Å². The molecular weight excluding hydrogens is 384 g/mol. The average Bonchev–Trinajstić information content (AvgIpc) is 2.88. The number of nitrogens with zero attached hydrogens (tertiary/aromatic N) is 1. The molecule has 1 atom stereocenters. The van der Waals surface area contributed by atoms with Gasteiger partial charge in [-0.2, -0.15) is 0 Å². The van der Waals surface area contributed by atoms with Gasteiger partial charge in [0.15, 0.2) is 5.78 Å². The van der Waals surface area contributed by atoms with Gasteiger partial charge in [-0.3, -0.25) is 14.5 Å². The van der Waals surface area contributed by atoms with Crippen molar-refractivity contribution in [2.24, 2.45) is 0 Å². The van der Waals surface area contributed by atoms with Crippen LogP contribution >= 0.6 is 15.9 Å². The zero-order valence-corrected chi connectivity index (χ0v) is 15.2. The summed E-state index contributed by atoms with van der Waals surface area (Å²) < 4.78 is 0.855. The van der Waals surface area contributed by atoms with Crippen LogP contribution in [0, 0.1) is 0 Å². The van der Waals surface area contributed by atoms with Crippen LogP contribution in [0.25, 0.3) is 0 Å². The van der Waals surface area contributed by atoms with E-state index in [0.717, 1.165) is 14.9 Å². The SMILES string of the molecule is CCC1(c2ccccc2)NC(=O)N(CC(=O)c2ccc(Br)cc2)C1=O. The molecule has 2 aromatic carbocycles. The van der Waals surface area contributed by atoms with Crippen LogP contribution in [0.15, 0.2) is 59.1 Å². The molecule has 128 valence electrons. The van der Waals surface area contributed by atoms with Gasteiger partial charge >= 0.3 is 6.03 Å². The number of amides is 3. The number of ketones is 1. The molecule has 1 fully saturated rings. The molecule has 5 nitrogen and oxygen atoms in total. The molecule has 6 heteroatoms. The number of imide groups is 1. The Labute approximate surface area is 154 Å². The molecule has 3 rings (SSSR count). The number of Topliss-reactive ketones (excluding diaryl/α,β-unsaturated/α-hetero) is 1. The van der Waals surface area contributed by atoms with Gasteiger partial charge in [0.2, 0.25) is 0 Å². The lowest BCUT2D eigenvalue weighted by molar-refractivity contribution is -0.131. The number of halogens is 1. The molecule has 2 aromatic rings. The Hall–Kier alpha value is -2.47. The first-order valence-corrected chi connectivity index (χ1v) is 8.75. The summed E-state index contributed by atoms with van der Waals surface area (Å²) >= 11 is 3.31. The van der Waals surface area contributed by atoms with Crippen molar-refractivity contribution < 1.29 is 14.4 Å². The van der Waals surface area contributed by atoms with E-state index in [1.54, 1.807) is 24.3 Å². The van der Waals surface area contributed by atoms with Crippen molar-refractivity contribution in [1.29, 1.82) is 0 Å². The molecule has 1 saturated heterocycles. The van der Waals surface area contributed by atoms with Crippen molar-refractivity contribution in [2.45, 2.75) is 18.9 Å². The van der Waals surface area contributed by atoms with E-state index < -0.39 is 17.5 Å². The van der Waals surface area contributed by atoms with Crippen molar-refractivity contribution >= 4 is 33.7 Å². The number of nitrogens with one attached hydrogen (secondary N) is 1. The Bertz CT molecular complexity index is 820. The summed E-state index contributed by atoms with van der Waals surface area (Å²) in [5.74, 6) is -0.673. The fraction of sp³-hybridized carbons (Fsp3) is 0.211. The fourth-order valence-electron chi connectivity index (χ4n) is 3.00. The van der Waals surface area contributed by atoms with E-state index in [9.17, 15) is 14.4 Å². The van der Waals surface area contributed by atoms with E-state index in [2.05, 4.69) is 21.2 Å². The fourth-order valence-corrected chi connectivity index (χ4v) is 3.27. The van der Waals surface area contributed by atoms with Gasteiger partial charge in [-0.25, -0.2) is 4.79 Å². The van der Waals surface area contributed by atoms with E-state index in [0.29, 0.717) is 12.0 Å². The number of hydrogen-bond acceptors (Lipinski definition) is 3. The van der Waals surface area contributed by atoms with Crippen molar-refractivity contribution in [3.05, 3.63) is 70.2 Å². The van der Waals surface area contributed by atoms with Gasteiger partial charge in [-0.1, -0.05) is 65.3 Å². The maximum atomic E-state index is 13.0. The van der Waals surface area contributed by atoms with Crippen LogP contribution < -0.4 is 5.32 Å². The molecule has 25 heavy (non-hydrogen) atoms. The van der Waals surface area contributed by atoms with Gasteiger partial charge in [0, 0.05) is 10.0 Å². The number of urea groups is 1. The smallest absolute Gasteiger partial charge is 0.319 e. The van der Waals surface area contributed by atoms with Gasteiger partial charge in [-0.05, 0) is 24.1 Å². The highest BCUT2D eigenvalue weighted by Gasteiger charge is 2.51. The standard InChI is InChI=1S/C19H17BrN2O3/c1-2-19(14-6-4-3-5-7-14)17(24)22(18(25)21-19)12-16(23)13-8-10-15(20)11-9-13/h3-11H,2,12H2,1H3,(H,21,25). The first-order valence-electron chi connectivity index (χ1n) is 7.96. The van der Waals surface area contributed by atoms with Crippen molar-refractivity contribution in [2.75, 3.05) is 6.54 Å². The predicted octanol–water partition coefficient (Wildman–Crippen LogP) is 3.49. The third-order valence-electron chi connectivity index (χ3n) is 4.44. The van der Waals surface area contributed by atoms with Gasteiger partial charge < -0.3 is 5.32 Å². The minimum Gasteiger partial charge on any atom is -0.319 e. The molecule has 1 N–H and O–H groups in total. The first-order chi connectivity index (χ1) is 12.0. The largest absolute Gasteiger partial charge is 0.325 e. The molecule has 0 spiro atoms. The quantitative estimate of drug-likeness (QED) is 0.616. The summed E-state index contributed by atoms with van der Waals surface area (Å²) in [4.78, 5) is 38.8. The predicted molar refractivity (Wildman–Crippen MR) is 97.1 cm³/mol. The van der Waals surface area contributed by atoms with Crippen LogP contribution in [0.3, 0.4) is 0 Å². The maximum absolute atomic E-state index is 13.0. The third-order valence-corrected chi connectivity index (χ3v) is 4.97. The summed E-state index contributed by atoms with van der Waals surface area (Å²) in [5, 5.41) is 2.78. The number of hydrogen-bond donors (Lipinski definition) is 1. The summed E-state index contributed by atoms with van der Waals surface area (Å²) in [6.07, 6.45) is 0.407. The molecule has 1 aliphatic heterocycles. The molecule has 0 bridgehead atoms. The molecule has 0 radical (unpaired) electrons. The van der Waals surface area contributed by atoms with Gasteiger partial charge in [0.25, 0.3) is 5.91 Å². The molecule has 1 unspecified atom stereocenters. The zero-order chi connectivity index (χ0) is 18.0. The van der Waals surface area contributed by atoms with Gasteiger partial charge in [0.1, 0.15) is 5.54 Å².